The number of carbonyl (C=O) groups is 2. The predicted octanol–water partition coefficient (Wildman–Crippen LogP) is 2.27. The molecule has 1 aliphatic heterocycles. The second-order valence-corrected chi connectivity index (χ2v) is 5.99. The molecule has 1 saturated heterocycles. The van der Waals surface area contributed by atoms with Crippen LogP contribution in [0.25, 0.3) is 0 Å². The van der Waals surface area contributed by atoms with Crippen LogP contribution >= 0.6 is 11.3 Å². The molecule has 6 nitrogen and oxygen atoms in total. The molecule has 3 rings (SSSR count). The van der Waals surface area contributed by atoms with Gasteiger partial charge in [-0.3, -0.25) is 9.69 Å². The van der Waals surface area contributed by atoms with Gasteiger partial charge in [0.15, 0.2) is 5.13 Å². The number of anilines is 2. The van der Waals surface area contributed by atoms with E-state index in [1.165, 1.54) is 11.3 Å². The van der Waals surface area contributed by atoms with Crippen molar-refractivity contribution >= 4 is 34.1 Å². The van der Waals surface area contributed by atoms with E-state index in [1.807, 2.05) is 42.6 Å². The highest BCUT2D eigenvalue weighted by atomic mass is 32.1. The molecule has 7 heteroatoms. The van der Waals surface area contributed by atoms with Gasteiger partial charge in [0.1, 0.15) is 0 Å². The molecule has 0 atom stereocenters. The molecule has 1 aromatic carbocycles. The van der Waals surface area contributed by atoms with E-state index in [1.54, 1.807) is 9.80 Å². The molecule has 0 radical (unpaired) electrons. The molecule has 2 heterocycles. The van der Waals surface area contributed by atoms with Gasteiger partial charge >= 0.3 is 6.03 Å². The van der Waals surface area contributed by atoms with Crippen LogP contribution in [0.15, 0.2) is 35.7 Å². The maximum absolute atomic E-state index is 12.5. The Morgan fingerprint density at radius 3 is 2.83 bits per heavy atom. The van der Waals surface area contributed by atoms with E-state index >= 15 is 0 Å². The molecule has 0 saturated carbocycles. The normalized spacial score (nSPS) is 14.0. The van der Waals surface area contributed by atoms with Crippen molar-refractivity contribution in [3.05, 3.63) is 41.4 Å². The number of rotatable bonds is 5. The van der Waals surface area contributed by atoms with E-state index in [0.717, 1.165) is 5.69 Å². The van der Waals surface area contributed by atoms with Gasteiger partial charge in [-0.1, -0.05) is 18.2 Å². The summed E-state index contributed by atoms with van der Waals surface area (Å²) in [7, 11) is 0. The Kier molecular flexibility index (Phi) is 4.57. The van der Waals surface area contributed by atoms with Crippen molar-refractivity contribution in [1.82, 2.24) is 10.3 Å². The van der Waals surface area contributed by atoms with Gasteiger partial charge in [0.05, 0.1) is 12.1 Å². The maximum atomic E-state index is 12.5. The van der Waals surface area contributed by atoms with Gasteiger partial charge in [-0.25, -0.2) is 9.78 Å². The molecule has 23 heavy (non-hydrogen) atoms. The summed E-state index contributed by atoms with van der Waals surface area (Å²) in [5.41, 5.74) is 1.58. The maximum Gasteiger partial charge on any atom is 0.323 e. The summed E-state index contributed by atoms with van der Waals surface area (Å²) < 4.78 is 0. The minimum atomic E-state index is -0.128. The molecule has 1 N–H and O–H groups in total. The summed E-state index contributed by atoms with van der Waals surface area (Å²) >= 11 is 1.39. The van der Waals surface area contributed by atoms with Crippen molar-refractivity contribution in [2.75, 3.05) is 29.4 Å². The van der Waals surface area contributed by atoms with Crippen molar-refractivity contribution in [1.29, 1.82) is 0 Å². The summed E-state index contributed by atoms with van der Waals surface area (Å²) in [4.78, 5) is 32.0. The largest absolute Gasteiger partial charge is 0.336 e. The van der Waals surface area contributed by atoms with Gasteiger partial charge in [0.25, 0.3) is 0 Å². The molecular formula is C16H18N4O2S. The Hall–Kier alpha value is -2.41. The number of nitrogens with one attached hydrogen (secondary N) is 1. The number of thiazole rings is 1. The summed E-state index contributed by atoms with van der Waals surface area (Å²) in [6, 6.07) is 9.47. The van der Waals surface area contributed by atoms with Crippen LogP contribution in [0, 0.1) is 0 Å². The van der Waals surface area contributed by atoms with Crippen LogP contribution < -0.4 is 15.1 Å². The van der Waals surface area contributed by atoms with Crippen LogP contribution in [0.3, 0.4) is 0 Å². The molecule has 1 aromatic heterocycles. The summed E-state index contributed by atoms with van der Waals surface area (Å²) in [5, 5.41) is 5.23. The van der Waals surface area contributed by atoms with Crippen molar-refractivity contribution < 1.29 is 9.59 Å². The van der Waals surface area contributed by atoms with Gasteiger partial charge in [0.2, 0.25) is 5.91 Å². The van der Waals surface area contributed by atoms with E-state index < -0.39 is 0 Å². The topological polar surface area (TPSA) is 65.5 Å². The molecule has 3 amide bonds. The zero-order valence-corrected chi connectivity index (χ0v) is 13.7. The first kappa shape index (κ1) is 15.5. The van der Waals surface area contributed by atoms with Gasteiger partial charge in [-0.05, 0) is 19.1 Å². The number of para-hydroxylation sites is 1. The molecule has 1 aliphatic rings. The molecule has 0 aliphatic carbocycles. The smallest absolute Gasteiger partial charge is 0.323 e. The number of aromatic nitrogens is 1. The van der Waals surface area contributed by atoms with Crippen molar-refractivity contribution in [3.63, 3.8) is 0 Å². The molecular weight excluding hydrogens is 312 g/mol. The molecule has 2 aromatic rings. The third kappa shape index (κ3) is 3.34. The average molecular weight is 330 g/mol. The lowest BCUT2D eigenvalue weighted by molar-refractivity contribution is -0.118. The highest BCUT2D eigenvalue weighted by Crippen LogP contribution is 2.23. The lowest BCUT2D eigenvalue weighted by Gasteiger charge is -2.20. The Balaban J connectivity index is 1.70. The zero-order valence-electron chi connectivity index (χ0n) is 12.9. The molecule has 0 spiro atoms. The van der Waals surface area contributed by atoms with Crippen molar-refractivity contribution in [2.24, 2.45) is 0 Å². The Morgan fingerprint density at radius 2 is 2.17 bits per heavy atom. The van der Waals surface area contributed by atoms with E-state index in [-0.39, 0.29) is 18.4 Å². The molecule has 0 bridgehead atoms. The van der Waals surface area contributed by atoms with E-state index in [9.17, 15) is 9.59 Å². The van der Waals surface area contributed by atoms with Crippen molar-refractivity contribution in [3.8, 4) is 0 Å². The average Bonchev–Trinajstić information content (AvgIpc) is 3.18. The summed E-state index contributed by atoms with van der Waals surface area (Å²) in [6.07, 6.45) is 0.231. The number of hydrogen-bond donors (Lipinski definition) is 1. The monoisotopic (exact) mass is 330 g/mol. The molecule has 1 fully saturated rings. The Bertz CT molecular complexity index is 701. The molecule has 0 unspecified atom stereocenters. The second-order valence-electron chi connectivity index (χ2n) is 5.16. The zero-order chi connectivity index (χ0) is 16.2. The number of carbonyl (C=O) groups excluding carboxylic acids is 2. The van der Waals surface area contributed by atoms with Gasteiger partial charge in [-0.2, -0.15) is 0 Å². The Morgan fingerprint density at radius 1 is 1.39 bits per heavy atom. The van der Waals surface area contributed by atoms with Crippen LogP contribution in [0.4, 0.5) is 15.6 Å². The van der Waals surface area contributed by atoms with E-state index in [0.29, 0.717) is 30.5 Å². The third-order valence-electron chi connectivity index (χ3n) is 3.64. The van der Waals surface area contributed by atoms with Crippen LogP contribution in [0.2, 0.25) is 0 Å². The number of urea groups is 1. The minimum absolute atomic E-state index is 0.00132. The highest BCUT2D eigenvalue weighted by Gasteiger charge is 2.24. The van der Waals surface area contributed by atoms with Crippen molar-refractivity contribution in [2.45, 2.75) is 13.3 Å². The van der Waals surface area contributed by atoms with E-state index in [4.69, 9.17) is 0 Å². The second kappa shape index (κ2) is 6.78. The lowest BCUT2D eigenvalue weighted by Crippen LogP contribution is -2.32. The van der Waals surface area contributed by atoms with Crippen LogP contribution in [0.1, 0.15) is 12.6 Å². The standard InChI is InChI=1S/C16H18N4O2S/c1-2-19(13-6-4-3-5-7-13)14(21)10-12-11-23-16(18-12)20-9-8-17-15(20)22/h3-7,11H,2,8-10H2,1H3,(H,17,22). The first-order chi connectivity index (χ1) is 11.2. The lowest BCUT2D eigenvalue weighted by atomic mass is 10.2. The minimum Gasteiger partial charge on any atom is -0.336 e. The van der Waals surface area contributed by atoms with Gasteiger partial charge in [0, 0.05) is 30.7 Å². The van der Waals surface area contributed by atoms with Crippen LogP contribution in [-0.4, -0.2) is 36.6 Å². The van der Waals surface area contributed by atoms with Crippen LogP contribution in [0.5, 0.6) is 0 Å². The first-order valence-corrected chi connectivity index (χ1v) is 8.42. The molecule has 120 valence electrons. The number of nitrogens with zero attached hydrogens (tertiary/aromatic N) is 3. The third-order valence-corrected chi connectivity index (χ3v) is 4.56. The predicted molar refractivity (Wildman–Crippen MR) is 91.0 cm³/mol. The Labute approximate surface area is 138 Å². The SMILES string of the molecule is CCN(C(=O)Cc1csc(N2CCNC2=O)n1)c1ccccc1. The van der Waals surface area contributed by atoms with Gasteiger partial charge in [-0.15, -0.1) is 11.3 Å². The fourth-order valence-corrected chi connectivity index (χ4v) is 3.37. The summed E-state index contributed by atoms with van der Waals surface area (Å²) in [5.74, 6) is 0.00132. The quantitative estimate of drug-likeness (QED) is 0.914. The number of amides is 3. The number of likely N-dealkylation sites (N-methyl/N-ethyl adjacent to an activating group) is 1. The summed E-state index contributed by atoms with van der Waals surface area (Å²) in [6.45, 7) is 3.80. The number of benzene rings is 1. The van der Waals surface area contributed by atoms with Crippen LogP contribution in [-0.2, 0) is 11.2 Å². The number of hydrogen-bond acceptors (Lipinski definition) is 4. The fraction of sp³-hybridized carbons (Fsp3) is 0.312. The van der Waals surface area contributed by atoms with E-state index in [2.05, 4.69) is 10.3 Å². The fourth-order valence-electron chi connectivity index (χ4n) is 2.52. The highest BCUT2D eigenvalue weighted by molar-refractivity contribution is 7.14. The van der Waals surface area contributed by atoms with Gasteiger partial charge < -0.3 is 10.2 Å². The first-order valence-electron chi connectivity index (χ1n) is 7.54.